The van der Waals surface area contributed by atoms with Crippen LogP contribution < -0.4 is 5.46 Å². The van der Waals surface area contributed by atoms with Crippen molar-refractivity contribution in [2.45, 2.75) is 45.1 Å². The maximum atomic E-state index is 13.2. The third-order valence-corrected chi connectivity index (χ3v) is 4.52. The molecule has 1 aromatic carbocycles. The van der Waals surface area contributed by atoms with Crippen molar-refractivity contribution in [2.75, 3.05) is 7.11 Å². The van der Waals surface area contributed by atoms with E-state index < -0.39 is 41.6 Å². The number of carbonyl (C=O) groups is 1. The van der Waals surface area contributed by atoms with Gasteiger partial charge in [0.05, 0.1) is 41.1 Å². The summed E-state index contributed by atoms with van der Waals surface area (Å²) >= 11 is 0. The van der Waals surface area contributed by atoms with Crippen LogP contribution in [-0.2, 0) is 20.2 Å². The Morgan fingerprint density at radius 3 is 2.12 bits per heavy atom. The number of ether oxygens (including phenoxy) is 1. The summed E-state index contributed by atoms with van der Waals surface area (Å²) in [5.41, 5.74) is -3.62. The quantitative estimate of drug-likeness (QED) is 0.603. The summed E-state index contributed by atoms with van der Waals surface area (Å²) in [6.45, 7) is 6.92. The summed E-state index contributed by atoms with van der Waals surface area (Å²) in [6, 6.07) is 3.13. The lowest BCUT2D eigenvalue weighted by molar-refractivity contribution is -0.137. The van der Waals surface area contributed by atoms with Gasteiger partial charge in [0, 0.05) is 5.46 Å². The topological polar surface area (TPSA) is 68.6 Å². The Kier molecular flexibility index (Phi) is 4.66. The number of nitrogens with zero attached hydrogens (tertiary/aromatic N) is 1. The highest BCUT2D eigenvalue weighted by Gasteiger charge is 2.53. The highest BCUT2D eigenvalue weighted by atomic mass is 19.4. The van der Waals surface area contributed by atoms with Crippen LogP contribution in [0.25, 0.3) is 0 Å². The number of carbonyl (C=O) groups excluding carboxylic acids is 1. The fourth-order valence-electron chi connectivity index (χ4n) is 2.38. The minimum Gasteiger partial charge on any atom is -0.465 e. The second-order valence-electron chi connectivity index (χ2n) is 6.68. The zero-order valence-corrected chi connectivity index (χ0v) is 14.4. The van der Waals surface area contributed by atoms with E-state index in [9.17, 15) is 23.2 Å². The van der Waals surface area contributed by atoms with Gasteiger partial charge in [0.1, 0.15) is 0 Å². The van der Waals surface area contributed by atoms with Gasteiger partial charge in [-0.3, -0.25) is 0 Å². The van der Waals surface area contributed by atoms with E-state index in [2.05, 4.69) is 4.74 Å². The average molecular weight is 355 g/mol. The highest BCUT2D eigenvalue weighted by Crippen LogP contribution is 2.38. The molecule has 1 fully saturated rings. The monoisotopic (exact) mass is 355 g/mol. The van der Waals surface area contributed by atoms with Gasteiger partial charge in [0.2, 0.25) is 0 Å². The van der Waals surface area contributed by atoms with Crippen LogP contribution in [0.3, 0.4) is 0 Å². The summed E-state index contributed by atoms with van der Waals surface area (Å²) in [7, 11) is -0.191. The lowest BCUT2D eigenvalue weighted by Gasteiger charge is -2.32. The van der Waals surface area contributed by atoms with Gasteiger partial charge in [0.25, 0.3) is 0 Å². The molecule has 0 bridgehead atoms. The molecule has 25 heavy (non-hydrogen) atoms. The molecule has 5 nitrogen and oxygen atoms in total. The maximum absolute atomic E-state index is 13.2. The van der Waals surface area contributed by atoms with Crippen LogP contribution in [0.1, 0.15) is 49.2 Å². The SMILES string of the molecule is COC(=O)c1cc(C(F)(F)F)cc(B2OC(C)(C)C(C)(C)O2)c1C#N. The molecule has 1 aliphatic heterocycles. The van der Waals surface area contributed by atoms with Crippen LogP contribution in [-0.4, -0.2) is 31.4 Å². The average Bonchev–Trinajstić information content (AvgIpc) is 2.72. The Morgan fingerprint density at radius 2 is 1.72 bits per heavy atom. The van der Waals surface area contributed by atoms with E-state index in [0.29, 0.717) is 6.07 Å². The molecule has 1 saturated heterocycles. The summed E-state index contributed by atoms with van der Waals surface area (Å²) < 4.78 is 55.7. The second kappa shape index (κ2) is 6.04. The first kappa shape index (κ1) is 19.3. The first-order chi connectivity index (χ1) is 11.3. The van der Waals surface area contributed by atoms with Gasteiger partial charge in [-0.2, -0.15) is 18.4 Å². The predicted molar refractivity (Wildman–Crippen MR) is 83.2 cm³/mol. The van der Waals surface area contributed by atoms with Crippen LogP contribution in [0.4, 0.5) is 13.2 Å². The molecule has 0 unspecified atom stereocenters. The molecule has 0 aliphatic carbocycles. The van der Waals surface area contributed by atoms with Gasteiger partial charge in [0.15, 0.2) is 0 Å². The molecule has 0 atom stereocenters. The Labute approximate surface area is 143 Å². The molecule has 0 spiro atoms. The van der Waals surface area contributed by atoms with Crippen molar-refractivity contribution in [1.29, 1.82) is 5.26 Å². The third kappa shape index (κ3) is 3.37. The maximum Gasteiger partial charge on any atom is 0.496 e. The summed E-state index contributed by atoms with van der Waals surface area (Å²) in [6.07, 6.45) is -4.71. The van der Waals surface area contributed by atoms with E-state index in [1.165, 1.54) is 0 Å². The van der Waals surface area contributed by atoms with Crippen LogP contribution in [0.2, 0.25) is 0 Å². The molecule has 0 aromatic heterocycles. The molecule has 0 saturated carbocycles. The smallest absolute Gasteiger partial charge is 0.465 e. The van der Waals surface area contributed by atoms with Gasteiger partial charge >= 0.3 is 19.3 Å². The van der Waals surface area contributed by atoms with Gasteiger partial charge in [-0.15, -0.1) is 0 Å². The lowest BCUT2D eigenvalue weighted by Crippen LogP contribution is -2.41. The molecule has 0 N–H and O–H groups in total. The van der Waals surface area contributed by atoms with E-state index in [1.54, 1.807) is 33.8 Å². The summed E-state index contributed by atoms with van der Waals surface area (Å²) in [5, 5.41) is 9.41. The van der Waals surface area contributed by atoms with Crippen LogP contribution in [0.5, 0.6) is 0 Å². The first-order valence-corrected chi connectivity index (χ1v) is 7.43. The number of halogens is 3. The van der Waals surface area contributed by atoms with Gasteiger partial charge in [-0.05, 0) is 39.8 Å². The number of methoxy groups -OCH3 is 1. The Bertz CT molecular complexity index is 737. The zero-order valence-electron chi connectivity index (χ0n) is 14.4. The molecular weight excluding hydrogens is 338 g/mol. The van der Waals surface area contributed by atoms with Crippen molar-refractivity contribution in [1.82, 2.24) is 0 Å². The Morgan fingerprint density at radius 1 is 1.20 bits per heavy atom. The van der Waals surface area contributed by atoms with E-state index >= 15 is 0 Å². The molecule has 1 heterocycles. The molecule has 2 rings (SSSR count). The molecule has 1 aromatic rings. The van der Waals surface area contributed by atoms with Crippen molar-refractivity contribution in [3.05, 3.63) is 28.8 Å². The molecule has 134 valence electrons. The normalized spacial score (nSPS) is 18.8. The van der Waals surface area contributed by atoms with Crippen molar-refractivity contribution < 1.29 is 32.0 Å². The molecular formula is C16H17BF3NO4. The van der Waals surface area contributed by atoms with Crippen molar-refractivity contribution in [3.63, 3.8) is 0 Å². The van der Waals surface area contributed by atoms with Crippen LogP contribution in [0, 0.1) is 11.3 Å². The minimum absolute atomic E-state index is 0.156. The molecule has 0 radical (unpaired) electrons. The fraction of sp³-hybridized carbons (Fsp3) is 0.500. The number of esters is 1. The number of rotatable bonds is 2. The largest absolute Gasteiger partial charge is 0.496 e. The number of benzene rings is 1. The highest BCUT2D eigenvalue weighted by molar-refractivity contribution is 6.63. The molecule has 1 aliphatic rings. The summed E-state index contributed by atoms with van der Waals surface area (Å²) in [4.78, 5) is 11.9. The number of hydrogen-bond acceptors (Lipinski definition) is 5. The van der Waals surface area contributed by atoms with E-state index in [4.69, 9.17) is 9.31 Å². The second-order valence-corrected chi connectivity index (χ2v) is 6.68. The third-order valence-electron chi connectivity index (χ3n) is 4.52. The summed E-state index contributed by atoms with van der Waals surface area (Å²) in [5.74, 6) is -1.04. The van der Waals surface area contributed by atoms with Crippen molar-refractivity contribution in [3.8, 4) is 6.07 Å². The molecule has 0 amide bonds. The van der Waals surface area contributed by atoms with Gasteiger partial charge in [-0.25, -0.2) is 4.79 Å². The van der Waals surface area contributed by atoms with E-state index in [-0.39, 0.29) is 11.0 Å². The Hall–Kier alpha value is -2.05. The van der Waals surface area contributed by atoms with Crippen molar-refractivity contribution >= 4 is 18.6 Å². The predicted octanol–water partition coefficient (Wildman–Crippen LogP) is 2.66. The lowest BCUT2D eigenvalue weighted by atomic mass is 9.74. The molecule has 9 heteroatoms. The van der Waals surface area contributed by atoms with E-state index in [0.717, 1.165) is 13.2 Å². The van der Waals surface area contributed by atoms with Crippen LogP contribution >= 0.6 is 0 Å². The Balaban J connectivity index is 2.69. The minimum atomic E-state index is -4.71. The van der Waals surface area contributed by atoms with E-state index in [1.807, 2.05) is 0 Å². The number of nitriles is 1. The zero-order chi connectivity index (χ0) is 19.2. The van der Waals surface area contributed by atoms with Gasteiger partial charge < -0.3 is 14.0 Å². The van der Waals surface area contributed by atoms with Gasteiger partial charge in [-0.1, -0.05) is 0 Å². The van der Waals surface area contributed by atoms with Crippen molar-refractivity contribution in [2.24, 2.45) is 0 Å². The number of alkyl halides is 3. The first-order valence-electron chi connectivity index (χ1n) is 7.43. The van der Waals surface area contributed by atoms with Crippen LogP contribution in [0.15, 0.2) is 12.1 Å². The fourth-order valence-corrected chi connectivity index (χ4v) is 2.38. The number of hydrogen-bond donors (Lipinski definition) is 0. The standard InChI is InChI=1S/C16H17BF3NO4/c1-14(2)15(3,4)25-17(24-14)12-7-9(16(18,19)20)6-10(11(12)8-21)13(22)23-5/h6-7H,1-5H3.